The van der Waals surface area contributed by atoms with E-state index in [2.05, 4.69) is 0 Å². The van der Waals surface area contributed by atoms with E-state index in [1.54, 1.807) is 20.8 Å². The van der Waals surface area contributed by atoms with Crippen LogP contribution in [0.3, 0.4) is 0 Å². The van der Waals surface area contributed by atoms with Crippen molar-refractivity contribution in [2.24, 2.45) is 11.8 Å². The summed E-state index contributed by atoms with van der Waals surface area (Å²) >= 11 is 0. The first-order valence-corrected chi connectivity index (χ1v) is 7.29. The summed E-state index contributed by atoms with van der Waals surface area (Å²) in [6, 6.07) is 0. The molecule has 6 atom stereocenters. The highest BCUT2D eigenvalue weighted by Gasteiger charge is 2.57. The quantitative estimate of drug-likeness (QED) is 0.712. The summed E-state index contributed by atoms with van der Waals surface area (Å²) in [6.07, 6.45) is 1.37. The van der Waals surface area contributed by atoms with Crippen LogP contribution >= 0.6 is 0 Å². The molecule has 1 saturated carbocycles. The molecule has 2 rings (SSSR count). The third-order valence-corrected chi connectivity index (χ3v) is 5.56. The molecule has 1 aliphatic heterocycles. The summed E-state index contributed by atoms with van der Waals surface area (Å²) in [5.74, 6) is 0.0953. The zero-order chi connectivity index (χ0) is 14.6. The van der Waals surface area contributed by atoms with Crippen LogP contribution in [0.5, 0.6) is 0 Å². The van der Waals surface area contributed by atoms with Crippen molar-refractivity contribution >= 4 is 0 Å². The van der Waals surface area contributed by atoms with Crippen molar-refractivity contribution in [3.05, 3.63) is 0 Å². The van der Waals surface area contributed by atoms with Crippen LogP contribution in [0.25, 0.3) is 0 Å². The molecule has 0 amide bonds. The maximum Gasteiger partial charge on any atom is 0.0906 e. The zero-order valence-electron chi connectivity index (χ0n) is 12.7. The molecule has 1 heterocycles. The van der Waals surface area contributed by atoms with Gasteiger partial charge in [-0.05, 0) is 58.8 Å². The van der Waals surface area contributed by atoms with Gasteiger partial charge in [-0.15, -0.1) is 0 Å². The molecule has 2 fully saturated rings. The van der Waals surface area contributed by atoms with Crippen molar-refractivity contribution in [1.82, 2.24) is 0 Å². The molecule has 1 aliphatic carbocycles. The normalized spacial score (nSPS) is 51.8. The molecule has 112 valence electrons. The van der Waals surface area contributed by atoms with Gasteiger partial charge in [-0.1, -0.05) is 6.92 Å². The van der Waals surface area contributed by atoms with Crippen LogP contribution in [-0.4, -0.2) is 44.3 Å². The van der Waals surface area contributed by atoms with Gasteiger partial charge in [-0.2, -0.15) is 0 Å². The van der Waals surface area contributed by atoms with Crippen LogP contribution < -0.4 is 0 Å². The monoisotopic (exact) mass is 272 g/mol. The molecule has 1 saturated heterocycles. The lowest BCUT2D eigenvalue weighted by Crippen LogP contribution is -2.44. The van der Waals surface area contributed by atoms with E-state index < -0.39 is 17.3 Å². The number of rotatable bonds is 2. The Morgan fingerprint density at radius 3 is 2.21 bits per heavy atom. The minimum Gasteiger partial charge on any atom is -0.390 e. The van der Waals surface area contributed by atoms with Gasteiger partial charge in [-0.3, -0.25) is 0 Å². The summed E-state index contributed by atoms with van der Waals surface area (Å²) in [7, 11) is 0. The van der Waals surface area contributed by atoms with E-state index in [9.17, 15) is 15.3 Å². The van der Waals surface area contributed by atoms with Crippen LogP contribution in [-0.2, 0) is 4.74 Å². The Bertz CT molecular complexity index is 347. The molecule has 4 heteroatoms. The van der Waals surface area contributed by atoms with Crippen molar-refractivity contribution in [3.8, 4) is 0 Å². The predicted octanol–water partition coefficient (Wildman–Crippen LogP) is 1.46. The molecule has 4 nitrogen and oxygen atoms in total. The predicted molar refractivity (Wildman–Crippen MR) is 72.7 cm³/mol. The van der Waals surface area contributed by atoms with E-state index in [-0.39, 0.29) is 23.5 Å². The molecule has 0 unspecified atom stereocenters. The minimum atomic E-state index is -1.05. The van der Waals surface area contributed by atoms with Crippen LogP contribution in [0, 0.1) is 11.8 Å². The van der Waals surface area contributed by atoms with Crippen LogP contribution in [0.15, 0.2) is 0 Å². The van der Waals surface area contributed by atoms with Crippen molar-refractivity contribution in [2.45, 2.75) is 82.9 Å². The first-order chi connectivity index (χ1) is 8.48. The Kier molecular flexibility index (Phi) is 3.54. The van der Waals surface area contributed by atoms with Gasteiger partial charge in [-0.25, -0.2) is 0 Å². The Labute approximate surface area is 115 Å². The second kappa shape index (κ2) is 4.42. The summed E-state index contributed by atoms with van der Waals surface area (Å²) in [5.41, 5.74) is -2.27. The molecule has 0 bridgehead atoms. The summed E-state index contributed by atoms with van der Waals surface area (Å²) in [4.78, 5) is 0. The fourth-order valence-electron chi connectivity index (χ4n) is 3.80. The highest BCUT2D eigenvalue weighted by Crippen LogP contribution is 2.51. The average Bonchev–Trinajstić information content (AvgIpc) is 2.75. The van der Waals surface area contributed by atoms with E-state index in [1.165, 1.54) is 0 Å². The Morgan fingerprint density at radius 2 is 1.84 bits per heavy atom. The fraction of sp³-hybridized carbons (Fsp3) is 1.00. The number of hydrogen-bond acceptors (Lipinski definition) is 4. The summed E-state index contributed by atoms with van der Waals surface area (Å²) in [5, 5.41) is 30.5. The first kappa shape index (κ1) is 15.2. The Balaban J connectivity index is 2.15. The lowest BCUT2D eigenvalue weighted by atomic mass is 9.77. The number of aliphatic hydroxyl groups is 3. The van der Waals surface area contributed by atoms with E-state index in [0.29, 0.717) is 6.42 Å². The second-order valence-corrected chi connectivity index (χ2v) is 7.48. The third kappa shape index (κ3) is 2.44. The topological polar surface area (TPSA) is 69.9 Å². The molecule has 0 aromatic rings. The van der Waals surface area contributed by atoms with E-state index in [4.69, 9.17) is 4.74 Å². The van der Waals surface area contributed by atoms with Gasteiger partial charge in [0, 0.05) is 0 Å². The standard InChI is InChI=1S/C15H28O4/c1-9-10(8-11(16)15(9,5)18)14(4)7-6-12(19-14)13(2,3)17/h9-12,16-18H,6-8H2,1-5H3/t9-,10+,11+,12+,14+,15-/m0/s1. The summed E-state index contributed by atoms with van der Waals surface area (Å²) < 4.78 is 6.14. The summed E-state index contributed by atoms with van der Waals surface area (Å²) in [6.45, 7) is 9.27. The van der Waals surface area contributed by atoms with Gasteiger partial charge in [0.15, 0.2) is 0 Å². The SMILES string of the molecule is C[C@H]1[C@H]([C@@]2(C)CC[C@H](C(C)(C)O)O2)C[C@@H](O)[C@@]1(C)O. The first-order valence-electron chi connectivity index (χ1n) is 7.29. The highest BCUT2D eigenvalue weighted by atomic mass is 16.5. The number of ether oxygens (including phenoxy) is 1. The second-order valence-electron chi connectivity index (χ2n) is 7.48. The highest BCUT2D eigenvalue weighted by molar-refractivity contribution is 5.07. The van der Waals surface area contributed by atoms with Crippen molar-refractivity contribution < 1.29 is 20.1 Å². The van der Waals surface area contributed by atoms with Gasteiger partial charge in [0.05, 0.1) is 29.0 Å². The van der Waals surface area contributed by atoms with E-state index >= 15 is 0 Å². The molecule has 0 aromatic carbocycles. The van der Waals surface area contributed by atoms with E-state index in [1.807, 2.05) is 13.8 Å². The largest absolute Gasteiger partial charge is 0.390 e. The molecule has 0 aromatic heterocycles. The molecular formula is C15H28O4. The van der Waals surface area contributed by atoms with Crippen molar-refractivity contribution in [2.75, 3.05) is 0 Å². The fourth-order valence-corrected chi connectivity index (χ4v) is 3.80. The third-order valence-electron chi connectivity index (χ3n) is 5.56. The van der Waals surface area contributed by atoms with Crippen LogP contribution in [0.4, 0.5) is 0 Å². The van der Waals surface area contributed by atoms with Crippen LogP contribution in [0.1, 0.15) is 53.9 Å². The molecule has 0 spiro atoms. The minimum absolute atomic E-state index is 0.0203. The maximum absolute atomic E-state index is 10.3. The zero-order valence-corrected chi connectivity index (χ0v) is 12.7. The molecule has 2 aliphatic rings. The van der Waals surface area contributed by atoms with E-state index in [0.717, 1.165) is 12.8 Å². The molecular weight excluding hydrogens is 244 g/mol. The Morgan fingerprint density at radius 1 is 1.26 bits per heavy atom. The lowest BCUT2D eigenvalue weighted by Gasteiger charge is -2.38. The van der Waals surface area contributed by atoms with Crippen LogP contribution in [0.2, 0.25) is 0 Å². The molecule has 19 heavy (non-hydrogen) atoms. The molecule has 0 radical (unpaired) electrons. The van der Waals surface area contributed by atoms with Gasteiger partial charge < -0.3 is 20.1 Å². The number of hydrogen-bond donors (Lipinski definition) is 3. The molecule has 3 N–H and O–H groups in total. The van der Waals surface area contributed by atoms with Crippen molar-refractivity contribution in [1.29, 1.82) is 0 Å². The average molecular weight is 272 g/mol. The lowest BCUT2D eigenvalue weighted by molar-refractivity contribution is -0.144. The van der Waals surface area contributed by atoms with Crippen molar-refractivity contribution in [3.63, 3.8) is 0 Å². The van der Waals surface area contributed by atoms with Gasteiger partial charge in [0.1, 0.15) is 0 Å². The Hall–Kier alpha value is -0.160. The smallest absolute Gasteiger partial charge is 0.0906 e. The van der Waals surface area contributed by atoms with Gasteiger partial charge in [0.2, 0.25) is 0 Å². The van der Waals surface area contributed by atoms with Gasteiger partial charge >= 0.3 is 0 Å². The number of aliphatic hydroxyl groups excluding tert-OH is 1. The maximum atomic E-state index is 10.3. The van der Waals surface area contributed by atoms with Gasteiger partial charge in [0.25, 0.3) is 0 Å².